The van der Waals surface area contributed by atoms with E-state index in [0.29, 0.717) is 80.5 Å². The van der Waals surface area contributed by atoms with Crippen molar-refractivity contribution in [3.8, 4) is 5.82 Å². The fourth-order valence-corrected chi connectivity index (χ4v) is 6.06. The van der Waals surface area contributed by atoms with E-state index in [1.807, 2.05) is 4.90 Å². The van der Waals surface area contributed by atoms with Gasteiger partial charge in [0.25, 0.3) is 5.56 Å². The lowest BCUT2D eigenvalue weighted by atomic mass is 10.0. The Labute approximate surface area is 270 Å². The monoisotopic (exact) mass is 636 g/mol. The van der Waals surface area contributed by atoms with Gasteiger partial charge in [0.05, 0.1) is 45.1 Å². The number of rotatable bonds is 16. The van der Waals surface area contributed by atoms with Crippen LogP contribution < -0.4 is 16.2 Å². The molecule has 0 atom stereocenters. The zero-order valence-electron chi connectivity index (χ0n) is 27.1. The molecule has 250 valence electrons. The zero-order chi connectivity index (χ0) is 32.5. The molecule has 0 aromatic carbocycles. The molecule has 4 heterocycles. The molecule has 1 aliphatic heterocycles. The molecule has 3 N–H and O–H groups in total. The second kappa shape index (κ2) is 15.8. The summed E-state index contributed by atoms with van der Waals surface area (Å²) in [5, 5.41) is 17.8. The highest BCUT2D eigenvalue weighted by Crippen LogP contribution is 2.22. The third-order valence-corrected chi connectivity index (χ3v) is 8.60. The van der Waals surface area contributed by atoms with Crippen LogP contribution >= 0.6 is 0 Å². The lowest BCUT2D eigenvalue weighted by Crippen LogP contribution is -2.42. The van der Waals surface area contributed by atoms with E-state index in [9.17, 15) is 14.7 Å². The maximum atomic E-state index is 13.3. The van der Waals surface area contributed by atoms with Crippen LogP contribution in [0.25, 0.3) is 16.9 Å². The van der Waals surface area contributed by atoms with Crippen molar-refractivity contribution in [2.24, 2.45) is 0 Å². The standard InChI is InChI=1S/C33H48N8O5/c1-4-16-40-31(43)26-23-35-32(38-30(26)41(40)28-11-7-10-27(37-28)33(2,3)44)36-25-12-17-39(18-13-25)29(42)14-19-45-21-22-46-20-15-34-24-8-5-6-9-24/h4,7,10-11,23-25,34,44H,1,5-6,8-9,12-22H2,2-3H3,(H,35,36,38). The van der Waals surface area contributed by atoms with E-state index in [-0.39, 0.29) is 24.1 Å². The Morgan fingerprint density at radius 1 is 1.07 bits per heavy atom. The maximum absolute atomic E-state index is 13.3. The third-order valence-electron chi connectivity index (χ3n) is 8.60. The lowest BCUT2D eigenvalue weighted by molar-refractivity contribution is -0.133. The fourth-order valence-electron chi connectivity index (χ4n) is 6.06. The van der Waals surface area contributed by atoms with Crippen LogP contribution in [0.4, 0.5) is 5.95 Å². The Morgan fingerprint density at radius 2 is 1.80 bits per heavy atom. The number of nitrogens with zero attached hydrogens (tertiary/aromatic N) is 6. The fraction of sp³-hybridized carbons (Fsp3) is 0.606. The first-order valence-corrected chi connectivity index (χ1v) is 16.5. The number of carbonyl (C=O) groups excluding carboxylic acids is 1. The summed E-state index contributed by atoms with van der Waals surface area (Å²) >= 11 is 0. The van der Waals surface area contributed by atoms with Crippen LogP contribution in [0.15, 0.2) is 41.8 Å². The Morgan fingerprint density at radius 3 is 2.52 bits per heavy atom. The Bertz CT molecular complexity index is 1520. The topological polar surface area (TPSA) is 149 Å². The zero-order valence-corrected chi connectivity index (χ0v) is 27.1. The van der Waals surface area contributed by atoms with Crippen molar-refractivity contribution in [1.29, 1.82) is 0 Å². The molecule has 13 heteroatoms. The first-order valence-electron chi connectivity index (χ1n) is 16.5. The number of piperidine rings is 1. The summed E-state index contributed by atoms with van der Waals surface area (Å²) in [7, 11) is 0. The molecule has 1 amide bonds. The van der Waals surface area contributed by atoms with Crippen molar-refractivity contribution >= 4 is 22.9 Å². The molecular weight excluding hydrogens is 588 g/mol. The number of aliphatic hydroxyl groups is 1. The van der Waals surface area contributed by atoms with Gasteiger partial charge in [0.2, 0.25) is 11.9 Å². The van der Waals surface area contributed by atoms with Gasteiger partial charge in [-0.1, -0.05) is 25.0 Å². The molecule has 13 nitrogen and oxygen atoms in total. The largest absolute Gasteiger partial charge is 0.384 e. The summed E-state index contributed by atoms with van der Waals surface area (Å²) in [5.41, 5.74) is -0.541. The van der Waals surface area contributed by atoms with Gasteiger partial charge < -0.3 is 30.1 Å². The summed E-state index contributed by atoms with van der Waals surface area (Å²) < 4.78 is 14.4. The highest BCUT2D eigenvalue weighted by Gasteiger charge is 2.25. The van der Waals surface area contributed by atoms with Gasteiger partial charge in [-0.15, -0.1) is 6.58 Å². The van der Waals surface area contributed by atoms with E-state index < -0.39 is 5.60 Å². The molecule has 46 heavy (non-hydrogen) atoms. The van der Waals surface area contributed by atoms with E-state index in [4.69, 9.17) is 14.5 Å². The normalized spacial score (nSPS) is 16.4. The Kier molecular flexibility index (Phi) is 11.6. The van der Waals surface area contributed by atoms with E-state index >= 15 is 0 Å². The van der Waals surface area contributed by atoms with Gasteiger partial charge in [0.1, 0.15) is 11.0 Å². The summed E-state index contributed by atoms with van der Waals surface area (Å²) in [4.78, 5) is 41.7. The number of hydrogen-bond acceptors (Lipinski definition) is 10. The number of pyridine rings is 1. The van der Waals surface area contributed by atoms with Crippen molar-refractivity contribution < 1.29 is 19.4 Å². The number of aromatic nitrogens is 5. The molecule has 2 fully saturated rings. The van der Waals surface area contributed by atoms with Crippen molar-refractivity contribution in [1.82, 2.24) is 34.5 Å². The Balaban J connectivity index is 1.10. The van der Waals surface area contributed by atoms with Crippen LogP contribution in [0.5, 0.6) is 0 Å². The van der Waals surface area contributed by atoms with E-state index in [1.165, 1.54) is 36.6 Å². The number of amides is 1. The molecular formula is C33H48N8O5. The number of carbonyl (C=O) groups is 1. The van der Waals surface area contributed by atoms with Gasteiger partial charge in [0, 0.05) is 37.9 Å². The Hall–Kier alpha value is -3.65. The second-order valence-electron chi connectivity index (χ2n) is 12.6. The molecule has 1 saturated carbocycles. The molecule has 1 aliphatic carbocycles. The number of likely N-dealkylation sites (tertiary alicyclic amines) is 1. The SMILES string of the molecule is C=CCn1c(=O)c2cnc(NC3CCN(C(=O)CCOCCOCCNC4CCCC4)CC3)nc2n1-c1cccc(C(C)(C)O)n1. The van der Waals surface area contributed by atoms with Gasteiger partial charge >= 0.3 is 0 Å². The third kappa shape index (κ3) is 8.58. The second-order valence-corrected chi connectivity index (χ2v) is 12.6. The quantitative estimate of drug-likeness (QED) is 0.158. The van der Waals surface area contributed by atoms with Crippen molar-refractivity contribution in [2.45, 2.75) is 83.0 Å². The average molecular weight is 637 g/mol. The van der Waals surface area contributed by atoms with E-state index in [0.717, 1.165) is 19.4 Å². The van der Waals surface area contributed by atoms with Crippen LogP contribution in [-0.4, -0.2) is 98.4 Å². The van der Waals surface area contributed by atoms with E-state index in [2.05, 4.69) is 27.2 Å². The highest BCUT2D eigenvalue weighted by atomic mass is 16.5. The minimum absolute atomic E-state index is 0.0742. The van der Waals surface area contributed by atoms with Gasteiger partial charge in [-0.2, -0.15) is 4.98 Å². The number of ether oxygens (including phenoxy) is 2. The van der Waals surface area contributed by atoms with Crippen LogP contribution in [0.1, 0.15) is 64.5 Å². The maximum Gasteiger partial charge on any atom is 0.278 e. The lowest BCUT2D eigenvalue weighted by Gasteiger charge is -2.32. The van der Waals surface area contributed by atoms with Crippen LogP contribution in [0.2, 0.25) is 0 Å². The minimum Gasteiger partial charge on any atom is -0.384 e. The van der Waals surface area contributed by atoms with Crippen LogP contribution in [-0.2, 0) is 26.4 Å². The minimum atomic E-state index is -1.16. The number of fused-ring (bicyclic) bond motifs is 1. The first-order chi connectivity index (χ1) is 22.2. The van der Waals surface area contributed by atoms with Crippen LogP contribution in [0, 0.1) is 0 Å². The van der Waals surface area contributed by atoms with Crippen molar-refractivity contribution in [2.75, 3.05) is 51.4 Å². The first kappa shape index (κ1) is 33.7. The smallest absolute Gasteiger partial charge is 0.278 e. The molecule has 2 aliphatic rings. The molecule has 5 rings (SSSR count). The number of allylic oxidation sites excluding steroid dienone is 1. The van der Waals surface area contributed by atoms with Crippen LogP contribution in [0.3, 0.4) is 0 Å². The summed E-state index contributed by atoms with van der Waals surface area (Å²) in [6.45, 7) is 11.6. The van der Waals surface area contributed by atoms with Gasteiger partial charge in [-0.3, -0.25) is 9.59 Å². The van der Waals surface area contributed by atoms with Gasteiger partial charge in [-0.05, 0) is 51.7 Å². The predicted molar refractivity (Wildman–Crippen MR) is 176 cm³/mol. The average Bonchev–Trinajstić information content (AvgIpc) is 3.66. The number of nitrogens with one attached hydrogen (secondary N) is 2. The van der Waals surface area contributed by atoms with Gasteiger partial charge in [-0.25, -0.2) is 19.3 Å². The molecule has 1 saturated heterocycles. The summed E-state index contributed by atoms with van der Waals surface area (Å²) in [6.07, 6.45) is 10.2. The highest BCUT2D eigenvalue weighted by molar-refractivity contribution is 5.77. The summed E-state index contributed by atoms with van der Waals surface area (Å²) in [5.74, 6) is 0.935. The molecule has 0 bridgehead atoms. The number of anilines is 1. The van der Waals surface area contributed by atoms with E-state index in [1.54, 1.807) is 42.8 Å². The predicted octanol–water partition coefficient (Wildman–Crippen LogP) is 2.75. The number of hydrogen-bond donors (Lipinski definition) is 3. The molecule has 0 spiro atoms. The van der Waals surface area contributed by atoms with Crippen molar-refractivity contribution in [3.63, 3.8) is 0 Å². The molecule has 0 unspecified atom stereocenters. The summed E-state index contributed by atoms with van der Waals surface area (Å²) in [6, 6.07) is 6.02. The molecule has 3 aromatic heterocycles. The van der Waals surface area contributed by atoms with Gasteiger partial charge in [0.15, 0.2) is 11.5 Å². The van der Waals surface area contributed by atoms with Crippen molar-refractivity contribution in [3.05, 3.63) is 53.1 Å². The molecule has 0 radical (unpaired) electrons. The molecule has 3 aromatic rings.